The number of nitrogens with two attached hydrogens (primary N) is 1. The zero-order valence-corrected chi connectivity index (χ0v) is 21.9. The first-order chi connectivity index (χ1) is 18.0. The van der Waals surface area contributed by atoms with Gasteiger partial charge in [-0.25, -0.2) is 13.9 Å². The van der Waals surface area contributed by atoms with E-state index in [4.69, 9.17) is 24.3 Å². The van der Waals surface area contributed by atoms with E-state index in [1.165, 1.54) is 44.2 Å². The van der Waals surface area contributed by atoms with Crippen LogP contribution in [0.3, 0.4) is 0 Å². The number of alkyl halides is 1. The van der Waals surface area contributed by atoms with Gasteiger partial charge >= 0.3 is 13.7 Å². The summed E-state index contributed by atoms with van der Waals surface area (Å²) in [4.78, 5) is 24.1. The summed E-state index contributed by atoms with van der Waals surface area (Å²) in [6.45, 7) is 1.96. The summed E-state index contributed by atoms with van der Waals surface area (Å²) in [6, 6.07) is 6.99. The number of hydrogen-bond acceptors (Lipinski definition) is 12. The second-order valence-corrected chi connectivity index (χ2v) is 10.3. The summed E-state index contributed by atoms with van der Waals surface area (Å²) in [7, 11) is -1.72. The normalized spacial score (nSPS) is 25.6. The molecule has 1 unspecified atom stereocenters. The minimum Gasteiger partial charge on any atom is -0.479 e. The molecule has 4 N–H and O–H groups in total. The van der Waals surface area contributed by atoms with Crippen LogP contribution in [0, 0.1) is 0 Å². The second-order valence-electron chi connectivity index (χ2n) is 8.61. The van der Waals surface area contributed by atoms with E-state index in [2.05, 4.69) is 24.8 Å². The SMILES string of the molecule is COC(=O)[C@H](C)NP(=O)(OC[C@H]1O[C@@H](n2cnc3c(OC)nc(N)nc32)[C@](C)(F)[C@@H]1O)Oc1ccccc1. The van der Waals surface area contributed by atoms with E-state index in [0.29, 0.717) is 0 Å². The molecule has 0 spiro atoms. The molecule has 0 radical (unpaired) electrons. The Kier molecular flexibility index (Phi) is 7.85. The van der Waals surface area contributed by atoms with Gasteiger partial charge < -0.3 is 29.6 Å². The smallest absolute Gasteiger partial charge is 0.459 e. The van der Waals surface area contributed by atoms with Crippen molar-refractivity contribution in [2.45, 2.75) is 44.0 Å². The van der Waals surface area contributed by atoms with Gasteiger partial charge in [-0.1, -0.05) is 18.2 Å². The van der Waals surface area contributed by atoms with Crippen LogP contribution in [0.25, 0.3) is 11.2 Å². The van der Waals surface area contributed by atoms with Crippen molar-refractivity contribution in [2.24, 2.45) is 0 Å². The number of methoxy groups -OCH3 is 2. The molecule has 2 aromatic heterocycles. The molecule has 16 heteroatoms. The van der Waals surface area contributed by atoms with Crippen LogP contribution in [0.5, 0.6) is 11.6 Å². The number of anilines is 1. The van der Waals surface area contributed by atoms with Crippen LogP contribution in [-0.2, 0) is 23.4 Å². The fourth-order valence-electron chi connectivity index (χ4n) is 3.92. The van der Waals surface area contributed by atoms with Gasteiger partial charge in [0.05, 0.1) is 27.2 Å². The lowest BCUT2D eigenvalue weighted by Gasteiger charge is -2.25. The van der Waals surface area contributed by atoms with E-state index in [1.54, 1.807) is 18.2 Å². The Morgan fingerprint density at radius 3 is 2.71 bits per heavy atom. The molecule has 1 aliphatic heterocycles. The van der Waals surface area contributed by atoms with Crippen molar-refractivity contribution in [1.82, 2.24) is 24.6 Å². The summed E-state index contributed by atoms with van der Waals surface area (Å²) in [5, 5.41) is 13.3. The predicted molar refractivity (Wildman–Crippen MR) is 131 cm³/mol. The lowest BCUT2D eigenvalue weighted by atomic mass is 9.98. The number of carbonyl (C=O) groups excluding carboxylic acids is 1. The van der Waals surface area contributed by atoms with Crippen molar-refractivity contribution in [3.63, 3.8) is 0 Å². The van der Waals surface area contributed by atoms with Crippen molar-refractivity contribution in [1.29, 1.82) is 0 Å². The highest BCUT2D eigenvalue weighted by molar-refractivity contribution is 7.52. The van der Waals surface area contributed by atoms with Crippen LogP contribution in [-0.4, -0.2) is 75.3 Å². The Balaban J connectivity index is 1.57. The molecule has 0 bridgehead atoms. The molecule has 4 rings (SSSR count). The number of hydrogen-bond donors (Lipinski definition) is 3. The van der Waals surface area contributed by atoms with Crippen molar-refractivity contribution < 1.29 is 42.1 Å². The van der Waals surface area contributed by atoms with E-state index in [1.807, 2.05) is 0 Å². The maximum absolute atomic E-state index is 15.9. The van der Waals surface area contributed by atoms with Gasteiger partial charge in [0.25, 0.3) is 0 Å². The number of benzene rings is 1. The van der Waals surface area contributed by atoms with Gasteiger partial charge in [0, 0.05) is 0 Å². The van der Waals surface area contributed by atoms with Gasteiger partial charge in [0.15, 0.2) is 23.1 Å². The zero-order chi connectivity index (χ0) is 27.7. The number of aliphatic hydroxyl groups excluding tert-OH is 1. The second kappa shape index (κ2) is 10.8. The molecule has 206 valence electrons. The number of fused-ring (bicyclic) bond motifs is 1. The number of esters is 1. The first-order valence-electron chi connectivity index (χ1n) is 11.4. The molecule has 0 aliphatic carbocycles. The van der Waals surface area contributed by atoms with E-state index < -0.39 is 50.5 Å². The Bertz CT molecular complexity index is 1340. The zero-order valence-electron chi connectivity index (χ0n) is 21.0. The molecule has 1 aliphatic rings. The fourth-order valence-corrected chi connectivity index (χ4v) is 5.42. The number of ether oxygens (including phenoxy) is 3. The molecule has 3 heterocycles. The molecule has 3 aromatic rings. The Labute approximate surface area is 216 Å². The summed E-state index contributed by atoms with van der Waals surface area (Å²) >= 11 is 0. The van der Waals surface area contributed by atoms with Crippen molar-refractivity contribution >= 4 is 30.8 Å². The molecule has 38 heavy (non-hydrogen) atoms. The van der Waals surface area contributed by atoms with Gasteiger partial charge in [0.2, 0.25) is 11.8 Å². The van der Waals surface area contributed by atoms with Crippen LogP contribution in [0.15, 0.2) is 36.7 Å². The molecule has 1 aromatic carbocycles. The van der Waals surface area contributed by atoms with Crippen LogP contribution in [0.1, 0.15) is 20.1 Å². The lowest BCUT2D eigenvalue weighted by molar-refractivity contribution is -0.142. The average Bonchev–Trinajstić information content (AvgIpc) is 3.39. The molecule has 1 saturated heterocycles. The third kappa shape index (κ3) is 5.42. The van der Waals surface area contributed by atoms with E-state index in [0.717, 1.165) is 6.92 Å². The monoisotopic (exact) mass is 554 g/mol. The number of aromatic nitrogens is 4. The predicted octanol–water partition coefficient (Wildman–Crippen LogP) is 1.76. The molecule has 6 atom stereocenters. The van der Waals surface area contributed by atoms with Crippen LogP contribution < -0.4 is 20.1 Å². The number of rotatable bonds is 10. The fraction of sp³-hybridized carbons (Fsp3) is 0.455. The number of nitrogens with one attached hydrogen (secondary N) is 1. The Morgan fingerprint density at radius 2 is 2.05 bits per heavy atom. The van der Waals surface area contributed by atoms with Gasteiger partial charge in [0.1, 0.15) is 24.0 Å². The number of halogens is 1. The van der Waals surface area contributed by atoms with Crippen molar-refractivity contribution in [3.8, 4) is 11.6 Å². The minimum atomic E-state index is -4.26. The van der Waals surface area contributed by atoms with Gasteiger partial charge in [-0.3, -0.25) is 13.9 Å². The van der Waals surface area contributed by atoms with Gasteiger partial charge in [-0.15, -0.1) is 0 Å². The third-order valence-electron chi connectivity index (χ3n) is 5.85. The lowest BCUT2D eigenvalue weighted by Crippen LogP contribution is -2.41. The summed E-state index contributed by atoms with van der Waals surface area (Å²) in [5.74, 6) is -0.602. The molecule has 0 amide bonds. The highest BCUT2D eigenvalue weighted by atomic mass is 31.2. The number of nitrogens with zero attached hydrogens (tertiary/aromatic N) is 4. The summed E-state index contributed by atoms with van der Waals surface area (Å²) in [6.07, 6.45) is -3.21. The first-order valence-corrected chi connectivity index (χ1v) is 12.9. The topological polar surface area (TPSA) is 182 Å². The highest BCUT2D eigenvalue weighted by Gasteiger charge is 2.56. The summed E-state index contributed by atoms with van der Waals surface area (Å²) in [5.41, 5.74) is 3.70. The van der Waals surface area contributed by atoms with Crippen molar-refractivity contribution in [3.05, 3.63) is 36.7 Å². The third-order valence-corrected chi connectivity index (χ3v) is 7.50. The van der Waals surface area contributed by atoms with E-state index in [-0.39, 0.29) is 28.7 Å². The number of para-hydroxylation sites is 1. The molecular weight excluding hydrogens is 526 g/mol. The minimum absolute atomic E-state index is 0.0787. The average molecular weight is 554 g/mol. The van der Waals surface area contributed by atoms with Crippen LogP contribution in [0.4, 0.5) is 10.3 Å². The Hall–Kier alpha value is -3.36. The first kappa shape index (κ1) is 27.7. The van der Waals surface area contributed by atoms with E-state index >= 15 is 4.39 Å². The molecule has 0 saturated carbocycles. The number of imidazole rings is 1. The van der Waals surface area contributed by atoms with Crippen LogP contribution >= 0.6 is 7.75 Å². The van der Waals surface area contributed by atoms with Gasteiger partial charge in [-0.05, 0) is 26.0 Å². The number of aliphatic hydroxyl groups is 1. The number of nitrogen functional groups attached to an aromatic ring is 1. The molecular formula is C22H28FN6O8P. The summed E-state index contributed by atoms with van der Waals surface area (Å²) < 4.78 is 57.4. The quantitative estimate of drug-likeness (QED) is 0.244. The molecule has 1 fully saturated rings. The Morgan fingerprint density at radius 1 is 1.34 bits per heavy atom. The molecule has 14 nitrogen and oxygen atoms in total. The van der Waals surface area contributed by atoms with Crippen LogP contribution in [0.2, 0.25) is 0 Å². The standard InChI is InChI=1S/C22H28FN6O8P/c1-12(19(31)34-4)28-38(32,37-13-8-6-5-7-9-13)35-10-14-16(30)22(2,23)20(36-14)29-11-25-15-17(29)26-21(24)27-18(15)33-3/h5-9,11-12,14,16,20,30H,10H2,1-4H3,(H,28,32)(H2,24,26,27)/t12-,14+,16+,20+,22+,38?/m0/s1. The van der Waals surface area contributed by atoms with Crippen molar-refractivity contribution in [2.75, 3.05) is 26.6 Å². The number of carbonyl (C=O) groups is 1. The maximum Gasteiger partial charge on any atom is 0.459 e. The van der Waals surface area contributed by atoms with Gasteiger partial charge in [-0.2, -0.15) is 15.1 Å². The highest BCUT2D eigenvalue weighted by Crippen LogP contribution is 2.48. The van der Waals surface area contributed by atoms with E-state index in [9.17, 15) is 14.5 Å². The maximum atomic E-state index is 15.9. The largest absolute Gasteiger partial charge is 0.479 e.